The van der Waals surface area contributed by atoms with E-state index in [4.69, 9.17) is 16.0 Å². The highest BCUT2D eigenvalue weighted by atomic mass is 35.5. The van der Waals surface area contributed by atoms with Crippen molar-refractivity contribution >= 4 is 24.0 Å². The van der Waals surface area contributed by atoms with Crippen molar-refractivity contribution in [1.29, 1.82) is 0 Å². The summed E-state index contributed by atoms with van der Waals surface area (Å²) in [6.07, 6.45) is 3.69. The third kappa shape index (κ3) is 2.23. The van der Waals surface area contributed by atoms with E-state index in [-0.39, 0.29) is 0 Å². The molecule has 0 amide bonds. The summed E-state index contributed by atoms with van der Waals surface area (Å²) in [5, 5.41) is 0.641. The molecule has 2 rings (SSSR count). The van der Waals surface area contributed by atoms with E-state index in [0.29, 0.717) is 22.8 Å². The zero-order valence-electron chi connectivity index (χ0n) is 8.39. The Bertz CT molecular complexity index is 526. The third-order valence-corrected chi connectivity index (χ3v) is 2.43. The molecule has 0 unspecified atom stereocenters. The smallest absolute Gasteiger partial charge is 0.142 e. The van der Waals surface area contributed by atoms with Crippen molar-refractivity contribution in [3.05, 3.63) is 53.3 Å². The monoisotopic (exact) mass is 232 g/mol. The van der Waals surface area contributed by atoms with Gasteiger partial charge in [-0.25, -0.2) is 0 Å². The summed E-state index contributed by atoms with van der Waals surface area (Å²) in [6, 6.07) is 11.1. The van der Waals surface area contributed by atoms with Crippen LogP contribution in [-0.2, 0) is 4.79 Å². The third-order valence-electron chi connectivity index (χ3n) is 2.11. The average Bonchev–Trinajstić information content (AvgIpc) is 2.75. The summed E-state index contributed by atoms with van der Waals surface area (Å²) >= 11 is 6.04. The topological polar surface area (TPSA) is 30.2 Å². The second kappa shape index (κ2) is 4.81. The van der Waals surface area contributed by atoms with Crippen LogP contribution in [-0.4, -0.2) is 6.29 Å². The van der Waals surface area contributed by atoms with Gasteiger partial charge in [-0.3, -0.25) is 4.79 Å². The molecule has 1 aromatic carbocycles. The van der Waals surface area contributed by atoms with Gasteiger partial charge in [-0.05, 0) is 36.4 Å². The van der Waals surface area contributed by atoms with Gasteiger partial charge in [0, 0.05) is 5.56 Å². The maximum Gasteiger partial charge on any atom is 0.142 e. The van der Waals surface area contributed by atoms with Crippen LogP contribution < -0.4 is 0 Å². The first-order valence-corrected chi connectivity index (χ1v) is 5.15. The van der Waals surface area contributed by atoms with E-state index in [1.54, 1.807) is 18.2 Å². The standard InChI is InChI=1S/C13H9ClO2/c14-12-6-2-1-5-11(12)13-8-7-10(16-13)4-3-9-15/h1-9H/b4-3+. The Morgan fingerprint density at radius 3 is 2.69 bits per heavy atom. The molecule has 0 atom stereocenters. The van der Waals surface area contributed by atoms with Crippen molar-refractivity contribution in [1.82, 2.24) is 0 Å². The Balaban J connectivity index is 2.35. The molecule has 0 spiro atoms. The summed E-state index contributed by atoms with van der Waals surface area (Å²) in [7, 11) is 0. The molecule has 0 saturated heterocycles. The number of halogens is 1. The lowest BCUT2D eigenvalue weighted by atomic mass is 10.2. The van der Waals surface area contributed by atoms with Gasteiger partial charge in [0.1, 0.15) is 17.8 Å². The highest BCUT2D eigenvalue weighted by molar-refractivity contribution is 6.33. The Morgan fingerprint density at radius 2 is 1.94 bits per heavy atom. The number of furan rings is 1. The Labute approximate surface area is 98.2 Å². The van der Waals surface area contributed by atoms with Crippen molar-refractivity contribution in [3.63, 3.8) is 0 Å². The number of allylic oxidation sites excluding steroid dienone is 1. The molecule has 0 saturated carbocycles. The maximum absolute atomic E-state index is 10.2. The van der Waals surface area contributed by atoms with E-state index in [1.807, 2.05) is 24.3 Å². The molecule has 1 heterocycles. The van der Waals surface area contributed by atoms with Gasteiger partial charge >= 0.3 is 0 Å². The summed E-state index contributed by atoms with van der Waals surface area (Å²) in [5.41, 5.74) is 0.843. The normalized spacial score (nSPS) is 10.8. The van der Waals surface area contributed by atoms with Gasteiger partial charge < -0.3 is 4.42 Å². The Morgan fingerprint density at radius 1 is 1.12 bits per heavy atom. The van der Waals surface area contributed by atoms with Gasteiger partial charge in [0.15, 0.2) is 0 Å². The highest BCUT2D eigenvalue weighted by Crippen LogP contribution is 2.29. The van der Waals surface area contributed by atoms with Crippen LogP contribution in [0.4, 0.5) is 0 Å². The minimum Gasteiger partial charge on any atom is -0.457 e. The predicted octanol–water partition coefficient (Wildman–Crippen LogP) is 3.81. The fraction of sp³-hybridized carbons (Fsp3) is 0. The Hall–Kier alpha value is -1.80. The van der Waals surface area contributed by atoms with Crippen LogP contribution in [0.15, 0.2) is 46.9 Å². The van der Waals surface area contributed by atoms with Crippen molar-refractivity contribution < 1.29 is 9.21 Å². The number of benzene rings is 1. The van der Waals surface area contributed by atoms with E-state index < -0.39 is 0 Å². The van der Waals surface area contributed by atoms with Crippen molar-refractivity contribution in [3.8, 4) is 11.3 Å². The average molecular weight is 233 g/mol. The van der Waals surface area contributed by atoms with Crippen LogP contribution >= 0.6 is 11.6 Å². The van der Waals surface area contributed by atoms with E-state index in [0.717, 1.165) is 5.56 Å². The van der Waals surface area contributed by atoms with Gasteiger partial charge in [0.05, 0.1) is 5.02 Å². The molecule has 1 aromatic heterocycles. The second-order valence-corrected chi connectivity index (χ2v) is 3.58. The molecule has 0 radical (unpaired) electrons. The minimum atomic E-state index is 0.627. The fourth-order valence-electron chi connectivity index (χ4n) is 1.38. The molecule has 2 aromatic rings. The van der Waals surface area contributed by atoms with Crippen LogP contribution in [0.2, 0.25) is 5.02 Å². The predicted molar refractivity (Wildman–Crippen MR) is 64.3 cm³/mol. The van der Waals surface area contributed by atoms with E-state index in [9.17, 15) is 4.79 Å². The van der Waals surface area contributed by atoms with Gasteiger partial charge in [0.25, 0.3) is 0 Å². The zero-order valence-corrected chi connectivity index (χ0v) is 9.15. The quantitative estimate of drug-likeness (QED) is 0.595. The summed E-state index contributed by atoms with van der Waals surface area (Å²) in [4.78, 5) is 10.2. The van der Waals surface area contributed by atoms with Gasteiger partial charge in [0.2, 0.25) is 0 Å². The molecule has 0 aliphatic rings. The summed E-state index contributed by atoms with van der Waals surface area (Å²) < 4.78 is 5.52. The molecule has 3 heteroatoms. The molecule has 0 aliphatic carbocycles. The molecule has 0 bridgehead atoms. The van der Waals surface area contributed by atoms with E-state index >= 15 is 0 Å². The van der Waals surface area contributed by atoms with Crippen LogP contribution in [0.1, 0.15) is 5.76 Å². The lowest BCUT2D eigenvalue weighted by molar-refractivity contribution is -0.104. The van der Waals surface area contributed by atoms with E-state index in [2.05, 4.69) is 0 Å². The highest BCUT2D eigenvalue weighted by Gasteiger charge is 2.06. The van der Waals surface area contributed by atoms with Crippen LogP contribution in [0.3, 0.4) is 0 Å². The molecule has 16 heavy (non-hydrogen) atoms. The van der Waals surface area contributed by atoms with Crippen molar-refractivity contribution in [2.24, 2.45) is 0 Å². The lowest BCUT2D eigenvalue weighted by Gasteiger charge is -1.98. The zero-order chi connectivity index (χ0) is 11.4. The van der Waals surface area contributed by atoms with Crippen LogP contribution in [0.25, 0.3) is 17.4 Å². The second-order valence-electron chi connectivity index (χ2n) is 3.18. The maximum atomic E-state index is 10.2. The van der Waals surface area contributed by atoms with Crippen molar-refractivity contribution in [2.45, 2.75) is 0 Å². The summed E-state index contributed by atoms with van der Waals surface area (Å²) in [6.45, 7) is 0. The largest absolute Gasteiger partial charge is 0.457 e. The summed E-state index contributed by atoms with van der Waals surface area (Å²) in [5.74, 6) is 1.32. The van der Waals surface area contributed by atoms with Crippen LogP contribution in [0.5, 0.6) is 0 Å². The lowest BCUT2D eigenvalue weighted by Crippen LogP contribution is -1.74. The molecule has 80 valence electrons. The Kier molecular flexibility index (Phi) is 3.22. The number of carbonyl (C=O) groups is 1. The fourth-order valence-corrected chi connectivity index (χ4v) is 1.61. The SMILES string of the molecule is O=C/C=C/c1ccc(-c2ccccc2Cl)o1. The number of hydrogen-bond donors (Lipinski definition) is 0. The van der Waals surface area contributed by atoms with E-state index in [1.165, 1.54) is 6.08 Å². The first kappa shape index (κ1) is 10.7. The molecular formula is C13H9ClO2. The molecule has 0 aliphatic heterocycles. The molecule has 0 fully saturated rings. The molecule has 2 nitrogen and oxygen atoms in total. The minimum absolute atomic E-state index is 0.627. The van der Waals surface area contributed by atoms with Crippen molar-refractivity contribution in [2.75, 3.05) is 0 Å². The van der Waals surface area contributed by atoms with Gasteiger partial charge in [-0.15, -0.1) is 0 Å². The van der Waals surface area contributed by atoms with Crippen LogP contribution in [0, 0.1) is 0 Å². The van der Waals surface area contributed by atoms with Gasteiger partial charge in [-0.2, -0.15) is 0 Å². The van der Waals surface area contributed by atoms with Gasteiger partial charge in [-0.1, -0.05) is 23.7 Å². The molecular weight excluding hydrogens is 224 g/mol. The number of carbonyl (C=O) groups excluding carboxylic acids is 1. The molecule has 0 N–H and O–H groups in total. The number of hydrogen-bond acceptors (Lipinski definition) is 2. The number of rotatable bonds is 3. The number of aldehydes is 1. The first-order valence-electron chi connectivity index (χ1n) is 4.78. The first-order chi connectivity index (χ1) is 7.81.